The average Bonchev–Trinajstić information content (AvgIpc) is 3.31. The molecule has 0 saturated heterocycles. The second-order valence-corrected chi connectivity index (χ2v) is 7.99. The van der Waals surface area contributed by atoms with E-state index in [9.17, 15) is 14.9 Å². The lowest BCUT2D eigenvalue weighted by Crippen LogP contribution is -2.19. The first-order chi connectivity index (χ1) is 14.1. The first-order valence-electron chi connectivity index (χ1n) is 8.84. The third-order valence-corrected chi connectivity index (χ3v) is 6.17. The van der Waals surface area contributed by atoms with Gasteiger partial charge in [-0.25, -0.2) is 4.98 Å². The number of nitrogens with zero attached hydrogens (tertiary/aromatic N) is 4. The van der Waals surface area contributed by atoms with Crippen molar-refractivity contribution in [2.75, 3.05) is 13.2 Å². The maximum absolute atomic E-state index is 12.8. The summed E-state index contributed by atoms with van der Waals surface area (Å²) in [6, 6.07) is 9.92. The number of fused-ring (bicyclic) bond motifs is 2. The maximum atomic E-state index is 12.8. The minimum atomic E-state index is -0.434. The Morgan fingerprint density at radius 2 is 2.14 bits per heavy atom. The van der Waals surface area contributed by atoms with Gasteiger partial charge in [0.1, 0.15) is 0 Å². The Bertz CT molecular complexity index is 1290. The molecule has 0 radical (unpaired) electrons. The minimum absolute atomic E-state index is 0.00557. The lowest BCUT2D eigenvalue weighted by Gasteiger charge is -2.05. The molecule has 29 heavy (non-hydrogen) atoms. The van der Waals surface area contributed by atoms with Gasteiger partial charge in [0.05, 0.1) is 37.5 Å². The highest BCUT2D eigenvalue weighted by Gasteiger charge is 2.14. The van der Waals surface area contributed by atoms with Crippen molar-refractivity contribution >= 4 is 54.7 Å². The Morgan fingerprint density at radius 3 is 2.93 bits per heavy atom. The van der Waals surface area contributed by atoms with Gasteiger partial charge in [0, 0.05) is 30.8 Å². The van der Waals surface area contributed by atoms with E-state index in [1.54, 1.807) is 34.3 Å². The number of hydrogen-bond acceptors (Lipinski definition) is 7. The topological polar surface area (TPSA) is 99.6 Å². The quantitative estimate of drug-likeness (QED) is 0.263. The van der Waals surface area contributed by atoms with E-state index in [4.69, 9.17) is 4.74 Å². The Hall–Kier alpha value is -2.95. The Balaban J connectivity index is 1.80. The fourth-order valence-electron chi connectivity index (χ4n) is 2.91. The number of nitro groups is 1. The fraction of sp³-hybridized carbons (Fsp3) is 0.211. The maximum Gasteiger partial charge on any atom is 0.279 e. The molecule has 0 spiro atoms. The van der Waals surface area contributed by atoms with Crippen LogP contribution in [0.25, 0.3) is 20.4 Å². The first kappa shape index (κ1) is 19.4. The zero-order chi connectivity index (χ0) is 20.4. The summed E-state index contributed by atoms with van der Waals surface area (Å²) in [6.07, 6.45) is 0. The summed E-state index contributed by atoms with van der Waals surface area (Å²) in [5, 5.41) is 11.2. The molecule has 0 atom stereocenters. The van der Waals surface area contributed by atoms with Crippen molar-refractivity contribution in [3.05, 3.63) is 62.4 Å². The predicted octanol–water partition coefficient (Wildman–Crippen LogP) is 4.00. The second-order valence-electron chi connectivity index (χ2n) is 6.09. The van der Waals surface area contributed by atoms with Crippen LogP contribution in [0.15, 0.2) is 46.9 Å². The molecule has 0 saturated carbocycles. The van der Waals surface area contributed by atoms with Crippen LogP contribution in [0.2, 0.25) is 0 Å². The van der Waals surface area contributed by atoms with Crippen LogP contribution in [0.1, 0.15) is 17.3 Å². The summed E-state index contributed by atoms with van der Waals surface area (Å²) in [5.41, 5.74) is 3.70. The van der Waals surface area contributed by atoms with Crippen LogP contribution in [-0.4, -0.2) is 33.6 Å². The van der Waals surface area contributed by atoms with Gasteiger partial charge in [-0.15, -0.1) is 11.3 Å². The highest BCUT2D eigenvalue weighted by Crippen LogP contribution is 2.23. The van der Waals surface area contributed by atoms with Gasteiger partial charge >= 0.3 is 0 Å². The van der Waals surface area contributed by atoms with E-state index >= 15 is 0 Å². The minimum Gasteiger partial charge on any atom is -0.380 e. The van der Waals surface area contributed by atoms with Crippen LogP contribution < -0.4 is 4.80 Å². The molecular weight excluding hydrogens is 412 g/mol. The van der Waals surface area contributed by atoms with E-state index in [0.29, 0.717) is 35.6 Å². The number of non-ortho nitro benzene ring substituents is 1. The summed E-state index contributed by atoms with van der Waals surface area (Å²) in [6.45, 7) is 3.31. The lowest BCUT2D eigenvalue weighted by atomic mass is 10.2. The van der Waals surface area contributed by atoms with Gasteiger partial charge < -0.3 is 9.30 Å². The van der Waals surface area contributed by atoms with E-state index < -0.39 is 4.92 Å². The van der Waals surface area contributed by atoms with Crippen molar-refractivity contribution in [1.29, 1.82) is 0 Å². The van der Waals surface area contributed by atoms with Crippen molar-refractivity contribution in [1.82, 2.24) is 9.55 Å². The number of aromatic nitrogens is 2. The third-order valence-electron chi connectivity index (χ3n) is 4.32. The number of benzene rings is 2. The van der Waals surface area contributed by atoms with Crippen LogP contribution in [0.3, 0.4) is 0 Å². The molecule has 4 aromatic rings. The van der Waals surface area contributed by atoms with Gasteiger partial charge in [-0.05, 0) is 31.2 Å². The SMILES string of the molecule is CCOCCn1c(=NC(=O)c2ccc3ncsc3c2)sc2ccc([N+](=O)[O-])cc21. The van der Waals surface area contributed by atoms with E-state index in [1.807, 2.05) is 6.92 Å². The number of nitro benzene ring substituents is 1. The number of carbonyl (C=O) groups is 1. The molecule has 0 aliphatic rings. The summed E-state index contributed by atoms with van der Waals surface area (Å²) in [5.74, 6) is -0.369. The molecule has 0 aliphatic carbocycles. The lowest BCUT2D eigenvalue weighted by molar-refractivity contribution is -0.384. The average molecular weight is 428 g/mol. The highest BCUT2D eigenvalue weighted by molar-refractivity contribution is 7.17. The molecule has 2 aromatic carbocycles. The number of amides is 1. The molecule has 2 heterocycles. The van der Waals surface area contributed by atoms with Gasteiger partial charge in [0.15, 0.2) is 4.80 Å². The Labute approximate surface area is 172 Å². The number of carbonyl (C=O) groups excluding carboxylic acids is 1. The summed E-state index contributed by atoms with van der Waals surface area (Å²) < 4.78 is 8.97. The standard InChI is InChI=1S/C19H16N4O4S2/c1-2-27-8-7-22-15-10-13(23(25)26)4-6-16(15)29-19(22)21-18(24)12-3-5-14-17(9-12)28-11-20-14/h3-6,9-11H,2,7-8H2,1H3. The summed E-state index contributed by atoms with van der Waals surface area (Å²) in [4.78, 5) is 32.5. The van der Waals surface area contributed by atoms with E-state index in [2.05, 4.69) is 9.98 Å². The molecule has 4 rings (SSSR count). The fourth-order valence-corrected chi connectivity index (χ4v) is 4.66. The van der Waals surface area contributed by atoms with Gasteiger partial charge in [0.25, 0.3) is 11.6 Å². The molecule has 2 aromatic heterocycles. The van der Waals surface area contributed by atoms with E-state index in [-0.39, 0.29) is 11.6 Å². The van der Waals surface area contributed by atoms with Gasteiger partial charge in [-0.1, -0.05) is 11.3 Å². The summed E-state index contributed by atoms with van der Waals surface area (Å²) in [7, 11) is 0. The number of ether oxygens (including phenoxy) is 1. The molecule has 0 N–H and O–H groups in total. The molecule has 148 valence electrons. The van der Waals surface area contributed by atoms with Crippen molar-refractivity contribution in [2.24, 2.45) is 4.99 Å². The van der Waals surface area contributed by atoms with Crippen LogP contribution in [0, 0.1) is 10.1 Å². The van der Waals surface area contributed by atoms with Crippen LogP contribution in [-0.2, 0) is 11.3 Å². The van der Waals surface area contributed by atoms with Crippen LogP contribution in [0.5, 0.6) is 0 Å². The molecule has 0 bridgehead atoms. The highest BCUT2D eigenvalue weighted by atomic mass is 32.1. The van der Waals surface area contributed by atoms with Crippen LogP contribution in [0.4, 0.5) is 5.69 Å². The first-order valence-corrected chi connectivity index (χ1v) is 10.5. The largest absolute Gasteiger partial charge is 0.380 e. The van der Waals surface area contributed by atoms with Crippen LogP contribution >= 0.6 is 22.7 Å². The zero-order valence-corrected chi connectivity index (χ0v) is 17.0. The Morgan fingerprint density at radius 1 is 1.28 bits per heavy atom. The third kappa shape index (κ3) is 3.95. The molecular formula is C19H16N4O4S2. The van der Waals surface area contributed by atoms with E-state index in [1.165, 1.54) is 34.8 Å². The van der Waals surface area contributed by atoms with Crippen molar-refractivity contribution in [2.45, 2.75) is 13.5 Å². The van der Waals surface area contributed by atoms with Gasteiger partial charge in [-0.3, -0.25) is 14.9 Å². The second kappa shape index (κ2) is 8.19. The van der Waals surface area contributed by atoms with Gasteiger partial charge in [0.2, 0.25) is 0 Å². The zero-order valence-electron chi connectivity index (χ0n) is 15.4. The van der Waals surface area contributed by atoms with Crippen molar-refractivity contribution in [3.63, 3.8) is 0 Å². The molecule has 0 unspecified atom stereocenters. The summed E-state index contributed by atoms with van der Waals surface area (Å²) >= 11 is 2.78. The Kier molecular flexibility index (Phi) is 5.47. The normalized spacial score (nSPS) is 12.1. The number of thiazole rings is 2. The van der Waals surface area contributed by atoms with E-state index in [0.717, 1.165) is 14.9 Å². The van der Waals surface area contributed by atoms with Crippen molar-refractivity contribution in [3.8, 4) is 0 Å². The molecule has 10 heteroatoms. The number of rotatable bonds is 6. The van der Waals surface area contributed by atoms with Crippen molar-refractivity contribution < 1.29 is 14.5 Å². The monoisotopic (exact) mass is 428 g/mol. The van der Waals surface area contributed by atoms with Gasteiger partial charge in [-0.2, -0.15) is 4.99 Å². The molecule has 0 aliphatic heterocycles. The predicted molar refractivity (Wildman–Crippen MR) is 112 cm³/mol. The molecule has 0 fully saturated rings. The smallest absolute Gasteiger partial charge is 0.279 e. The number of hydrogen-bond donors (Lipinski definition) is 0. The molecule has 8 nitrogen and oxygen atoms in total. The molecule has 1 amide bonds.